The van der Waals surface area contributed by atoms with Gasteiger partial charge in [-0.2, -0.15) is 0 Å². The zero-order valence-electron chi connectivity index (χ0n) is 26.8. The summed E-state index contributed by atoms with van der Waals surface area (Å²) in [5.74, 6) is 1.08. The first-order valence-corrected chi connectivity index (χ1v) is 16.9. The summed E-state index contributed by atoms with van der Waals surface area (Å²) in [4.78, 5) is 33.1. The van der Waals surface area contributed by atoms with E-state index in [-0.39, 0.29) is 12.2 Å². The van der Waals surface area contributed by atoms with Crippen molar-refractivity contribution in [1.82, 2.24) is 4.57 Å². The molecule has 2 heterocycles. The monoisotopic (exact) mass is 658 g/mol. The minimum absolute atomic E-state index is 0.222. The number of aromatic nitrogens is 1. The highest BCUT2D eigenvalue weighted by Crippen LogP contribution is 2.34. The van der Waals surface area contributed by atoms with Gasteiger partial charge in [-0.25, -0.2) is 9.79 Å². The first-order valence-electron chi connectivity index (χ1n) is 15.7. The lowest BCUT2D eigenvalue weighted by molar-refractivity contribution is -0.139. The average molecular weight is 659 g/mol. The lowest BCUT2D eigenvalue weighted by Crippen LogP contribution is -2.40. The summed E-state index contributed by atoms with van der Waals surface area (Å²) in [6, 6.07) is 20.6. The first-order chi connectivity index (χ1) is 22.2. The number of carbonyl (C=O) groups excluding carboxylic acids is 1. The van der Waals surface area contributed by atoms with E-state index in [1.165, 1.54) is 16.9 Å². The van der Waals surface area contributed by atoms with Crippen molar-refractivity contribution in [1.29, 1.82) is 0 Å². The Morgan fingerprint density at radius 3 is 2.37 bits per heavy atom. The van der Waals surface area contributed by atoms with Gasteiger partial charge in [0, 0.05) is 5.02 Å². The highest BCUT2D eigenvalue weighted by atomic mass is 35.5. The molecule has 1 aliphatic rings. The Hall–Kier alpha value is -4.14. The van der Waals surface area contributed by atoms with Crippen molar-refractivity contribution in [2.75, 3.05) is 13.2 Å². The standard InChI is InChI=1S/C37H39ClN2O5S/c1-6-9-29-33(36(42)44-8-3)34(27-15-13-26(14-16-27)23(4)5)40-35(41)32(46-37(40)39-29)21-25-12-19-30(31(20-25)43-7-2)45-22-24-10-17-28(38)18-11-24/h10-21,23,34H,6-9,22H2,1-5H3/b32-21-/t34-/m1/s1. The van der Waals surface area contributed by atoms with Crippen molar-refractivity contribution in [2.45, 2.75) is 66.0 Å². The molecule has 0 saturated heterocycles. The van der Waals surface area contributed by atoms with E-state index in [9.17, 15) is 9.59 Å². The number of halogens is 1. The molecule has 1 atom stereocenters. The topological polar surface area (TPSA) is 79.1 Å². The van der Waals surface area contributed by atoms with Crippen molar-refractivity contribution >= 4 is 35.0 Å². The number of rotatable bonds is 12. The van der Waals surface area contributed by atoms with Crippen LogP contribution >= 0.6 is 22.9 Å². The van der Waals surface area contributed by atoms with Crippen LogP contribution in [0.5, 0.6) is 11.5 Å². The molecule has 1 aliphatic heterocycles. The fourth-order valence-electron chi connectivity index (χ4n) is 5.39. The summed E-state index contributed by atoms with van der Waals surface area (Å²) in [5.41, 5.74) is 4.63. The predicted molar refractivity (Wildman–Crippen MR) is 184 cm³/mol. The zero-order valence-corrected chi connectivity index (χ0v) is 28.4. The summed E-state index contributed by atoms with van der Waals surface area (Å²) in [5, 5.41) is 0.669. The largest absolute Gasteiger partial charge is 0.490 e. The zero-order chi connectivity index (χ0) is 32.8. The van der Waals surface area contributed by atoms with E-state index in [2.05, 4.69) is 26.0 Å². The Morgan fingerprint density at radius 2 is 1.72 bits per heavy atom. The molecule has 0 spiro atoms. The van der Waals surface area contributed by atoms with Gasteiger partial charge in [-0.15, -0.1) is 0 Å². The molecule has 0 saturated carbocycles. The summed E-state index contributed by atoms with van der Waals surface area (Å²) in [6.45, 7) is 11.1. The number of benzene rings is 3. The van der Waals surface area contributed by atoms with Crippen molar-refractivity contribution in [3.63, 3.8) is 0 Å². The second-order valence-corrected chi connectivity index (χ2v) is 12.7. The number of hydrogen-bond donors (Lipinski definition) is 0. The Kier molecular flexibility index (Phi) is 10.8. The van der Waals surface area contributed by atoms with Crippen molar-refractivity contribution in [3.05, 3.63) is 125 Å². The van der Waals surface area contributed by atoms with Crippen LogP contribution in [0.3, 0.4) is 0 Å². The van der Waals surface area contributed by atoms with Crippen LogP contribution in [0, 0.1) is 0 Å². The van der Waals surface area contributed by atoms with Gasteiger partial charge >= 0.3 is 5.97 Å². The number of thiazole rings is 1. The lowest BCUT2D eigenvalue weighted by atomic mass is 9.92. The molecule has 240 valence electrons. The molecule has 7 nitrogen and oxygen atoms in total. The van der Waals surface area contributed by atoms with Gasteiger partial charge in [0.1, 0.15) is 6.61 Å². The Bertz CT molecular complexity index is 1910. The van der Waals surface area contributed by atoms with Crippen LogP contribution in [-0.2, 0) is 16.1 Å². The van der Waals surface area contributed by atoms with E-state index in [1.54, 1.807) is 11.5 Å². The predicted octanol–water partition coefficient (Wildman–Crippen LogP) is 7.33. The number of carbonyl (C=O) groups is 1. The number of fused-ring (bicyclic) bond motifs is 1. The smallest absolute Gasteiger partial charge is 0.338 e. The molecule has 1 aromatic heterocycles. The quantitative estimate of drug-likeness (QED) is 0.149. The Labute approximate surface area is 278 Å². The van der Waals surface area contributed by atoms with E-state index in [1.807, 2.05) is 74.5 Å². The van der Waals surface area contributed by atoms with Crippen molar-refractivity contribution in [2.24, 2.45) is 4.99 Å². The second-order valence-electron chi connectivity index (χ2n) is 11.3. The summed E-state index contributed by atoms with van der Waals surface area (Å²) in [7, 11) is 0. The van der Waals surface area contributed by atoms with Gasteiger partial charge in [0.25, 0.3) is 5.56 Å². The van der Waals surface area contributed by atoms with Gasteiger partial charge < -0.3 is 14.2 Å². The maximum absolute atomic E-state index is 14.2. The van der Waals surface area contributed by atoms with E-state index >= 15 is 0 Å². The molecule has 0 bridgehead atoms. The third-order valence-electron chi connectivity index (χ3n) is 7.68. The molecular weight excluding hydrogens is 620 g/mol. The van der Waals surface area contributed by atoms with Crippen LogP contribution < -0.4 is 24.4 Å². The first kappa shape index (κ1) is 33.2. The fourth-order valence-corrected chi connectivity index (χ4v) is 6.54. The van der Waals surface area contributed by atoms with Crippen LogP contribution in [0.1, 0.15) is 81.7 Å². The van der Waals surface area contributed by atoms with Gasteiger partial charge in [0.05, 0.1) is 35.1 Å². The molecule has 4 aromatic rings. The molecule has 5 rings (SSSR count). The minimum atomic E-state index is -0.650. The van der Waals surface area contributed by atoms with Gasteiger partial charge in [-0.3, -0.25) is 9.36 Å². The number of nitrogens with zero attached hydrogens (tertiary/aromatic N) is 2. The molecule has 0 radical (unpaired) electrons. The molecular formula is C37H39ClN2O5S. The normalized spacial score (nSPS) is 14.7. The van der Waals surface area contributed by atoms with E-state index in [4.69, 9.17) is 30.8 Å². The average Bonchev–Trinajstić information content (AvgIpc) is 3.35. The number of ether oxygens (including phenoxy) is 3. The minimum Gasteiger partial charge on any atom is -0.490 e. The second kappa shape index (κ2) is 15.0. The van der Waals surface area contributed by atoms with Crippen LogP contribution in [0.4, 0.5) is 0 Å². The molecule has 0 N–H and O–H groups in total. The lowest BCUT2D eigenvalue weighted by Gasteiger charge is -2.26. The molecule has 9 heteroatoms. The van der Waals surface area contributed by atoms with E-state index in [0.29, 0.717) is 62.7 Å². The van der Waals surface area contributed by atoms with Gasteiger partial charge in [-0.1, -0.05) is 92.6 Å². The maximum Gasteiger partial charge on any atom is 0.338 e. The highest BCUT2D eigenvalue weighted by molar-refractivity contribution is 7.07. The van der Waals surface area contributed by atoms with Crippen LogP contribution in [0.15, 0.2) is 87.8 Å². The Morgan fingerprint density at radius 1 is 0.978 bits per heavy atom. The van der Waals surface area contributed by atoms with Crippen LogP contribution in [0.2, 0.25) is 5.02 Å². The Balaban J connectivity index is 1.58. The SMILES string of the molecule is CCCC1=C(C(=O)OCC)[C@@H](c2ccc(C(C)C)cc2)n2c(s/c(=C\c3ccc(OCc4ccc(Cl)cc4)c(OCC)c3)c2=O)=N1. The molecule has 0 unspecified atom stereocenters. The molecule has 3 aromatic carbocycles. The number of esters is 1. The highest BCUT2D eigenvalue weighted by Gasteiger charge is 2.34. The summed E-state index contributed by atoms with van der Waals surface area (Å²) >= 11 is 7.33. The third-order valence-corrected chi connectivity index (χ3v) is 8.92. The number of allylic oxidation sites excluding steroid dienone is 1. The van der Waals surface area contributed by atoms with Gasteiger partial charge in [0.2, 0.25) is 0 Å². The van der Waals surface area contributed by atoms with Gasteiger partial charge in [-0.05, 0) is 78.8 Å². The van der Waals surface area contributed by atoms with Crippen LogP contribution in [0.25, 0.3) is 6.08 Å². The van der Waals surface area contributed by atoms with E-state index < -0.39 is 12.0 Å². The maximum atomic E-state index is 14.2. The molecule has 46 heavy (non-hydrogen) atoms. The molecule has 0 fully saturated rings. The van der Waals surface area contributed by atoms with Crippen molar-refractivity contribution < 1.29 is 19.0 Å². The van der Waals surface area contributed by atoms with Crippen LogP contribution in [-0.4, -0.2) is 23.8 Å². The van der Waals surface area contributed by atoms with Gasteiger partial charge in [0.15, 0.2) is 16.3 Å². The van der Waals surface area contributed by atoms with Crippen molar-refractivity contribution in [3.8, 4) is 11.5 Å². The molecule has 0 aliphatic carbocycles. The summed E-state index contributed by atoms with van der Waals surface area (Å²) in [6.07, 6.45) is 3.22. The summed E-state index contributed by atoms with van der Waals surface area (Å²) < 4.78 is 19.7. The third kappa shape index (κ3) is 7.29. The molecule has 0 amide bonds. The number of hydrogen-bond acceptors (Lipinski definition) is 7. The fraction of sp³-hybridized carbons (Fsp3) is 0.324. The van der Waals surface area contributed by atoms with E-state index in [0.717, 1.165) is 23.1 Å².